The van der Waals surface area contributed by atoms with Crippen LogP contribution in [-0.2, 0) is 21.3 Å². The van der Waals surface area contributed by atoms with Gasteiger partial charge in [0.15, 0.2) is 0 Å². The van der Waals surface area contributed by atoms with Gasteiger partial charge < -0.3 is 5.11 Å². The molecule has 0 aliphatic rings. The second kappa shape index (κ2) is 6.16. The van der Waals surface area contributed by atoms with E-state index < -0.39 is 22.0 Å². The van der Waals surface area contributed by atoms with Crippen LogP contribution in [0.1, 0.15) is 24.5 Å². The number of carbonyl (C=O) groups is 1. The van der Waals surface area contributed by atoms with E-state index in [0.717, 1.165) is 5.56 Å². The standard InChI is InChI=1S/C12H13NO3S/c1-9(5-12(14)15)17(16)8-11-4-2-3-10(6-11)7-13/h2-4,6,9H,5,8H2,1H3,(H,14,15). The minimum atomic E-state index is -1.24. The van der Waals surface area contributed by atoms with Gasteiger partial charge in [-0.05, 0) is 17.7 Å². The highest BCUT2D eigenvalue weighted by molar-refractivity contribution is 7.84. The van der Waals surface area contributed by atoms with Crippen LogP contribution in [0.5, 0.6) is 0 Å². The molecule has 0 aliphatic carbocycles. The van der Waals surface area contributed by atoms with Crippen molar-refractivity contribution in [2.45, 2.75) is 24.3 Å². The van der Waals surface area contributed by atoms with Gasteiger partial charge in [0.1, 0.15) is 0 Å². The Balaban J connectivity index is 2.68. The Morgan fingerprint density at radius 1 is 1.59 bits per heavy atom. The maximum atomic E-state index is 11.8. The van der Waals surface area contributed by atoms with Crippen molar-refractivity contribution in [2.75, 3.05) is 0 Å². The first-order valence-electron chi connectivity index (χ1n) is 5.11. The third-order valence-electron chi connectivity index (χ3n) is 2.28. The molecule has 1 aromatic carbocycles. The Kier molecular flexibility index (Phi) is 4.85. The van der Waals surface area contributed by atoms with Crippen LogP contribution < -0.4 is 0 Å². The maximum Gasteiger partial charge on any atom is 0.304 e. The molecule has 4 nitrogen and oxygen atoms in total. The van der Waals surface area contributed by atoms with E-state index >= 15 is 0 Å². The van der Waals surface area contributed by atoms with Crippen LogP contribution in [-0.4, -0.2) is 20.5 Å². The summed E-state index contributed by atoms with van der Waals surface area (Å²) in [6.45, 7) is 1.65. The van der Waals surface area contributed by atoms with Crippen LogP contribution in [0.15, 0.2) is 24.3 Å². The summed E-state index contributed by atoms with van der Waals surface area (Å²) in [6.07, 6.45) is -0.107. The van der Waals surface area contributed by atoms with Gasteiger partial charge in [-0.3, -0.25) is 9.00 Å². The molecular formula is C12H13NO3S. The number of rotatable bonds is 5. The van der Waals surface area contributed by atoms with Gasteiger partial charge >= 0.3 is 5.97 Å². The molecule has 0 heterocycles. The zero-order valence-electron chi connectivity index (χ0n) is 9.42. The number of hydrogen-bond donors (Lipinski definition) is 1. The third-order valence-corrected chi connectivity index (χ3v) is 3.96. The summed E-state index contributed by atoms with van der Waals surface area (Å²) in [5, 5.41) is 16.9. The van der Waals surface area contributed by atoms with Crippen LogP contribution in [0.3, 0.4) is 0 Å². The maximum absolute atomic E-state index is 11.8. The van der Waals surface area contributed by atoms with Crippen LogP contribution in [0.4, 0.5) is 0 Å². The molecule has 0 aliphatic heterocycles. The van der Waals surface area contributed by atoms with Gasteiger partial charge in [0.2, 0.25) is 0 Å². The molecule has 17 heavy (non-hydrogen) atoms. The van der Waals surface area contributed by atoms with E-state index in [4.69, 9.17) is 10.4 Å². The van der Waals surface area contributed by atoms with Crippen LogP contribution in [0.2, 0.25) is 0 Å². The minimum absolute atomic E-state index is 0.107. The highest BCUT2D eigenvalue weighted by Crippen LogP contribution is 2.11. The molecule has 0 fully saturated rings. The number of carboxylic acid groups (broad SMARTS) is 1. The topological polar surface area (TPSA) is 78.2 Å². The van der Waals surface area contributed by atoms with E-state index in [1.54, 1.807) is 31.2 Å². The number of nitrogens with zero attached hydrogens (tertiary/aromatic N) is 1. The fourth-order valence-corrected chi connectivity index (χ4v) is 2.50. The van der Waals surface area contributed by atoms with Gasteiger partial charge in [-0.25, -0.2) is 0 Å². The highest BCUT2D eigenvalue weighted by Gasteiger charge is 2.15. The lowest BCUT2D eigenvalue weighted by molar-refractivity contribution is -0.136. The van der Waals surface area contributed by atoms with Crippen LogP contribution in [0.25, 0.3) is 0 Å². The number of nitriles is 1. The number of benzene rings is 1. The van der Waals surface area contributed by atoms with Crippen molar-refractivity contribution in [2.24, 2.45) is 0 Å². The second-order valence-electron chi connectivity index (χ2n) is 3.75. The first-order valence-corrected chi connectivity index (χ1v) is 6.49. The average molecular weight is 251 g/mol. The van der Waals surface area contributed by atoms with E-state index in [9.17, 15) is 9.00 Å². The number of aliphatic carboxylic acids is 1. The quantitative estimate of drug-likeness (QED) is 0.863. The molecule has 0 aromatic heterocycles. The average Bonchev–Trinajstić information content (AvgIpc) is 2.28. The summed E-state index contributed by atoms with van der Waals surface area (Å²) >= 11 is 0. The summed E-state index contributed by atoms with van der Waals surface area (Å²) < 4.78 is 11.8. The predicted octanol–water partition coefficient (Wildman–Crippen LogP) is 1.67. The lowest BCUT2D eigenvalue weighted by Gasteiger charge is -2.08. The predicted molar refractivity (Wildman–Crippen MR) is 64.7 cm³/mol. The number of hydrogen-bond acceptors (Lipinski definition) is 3. The Labute approximate surface area is 102 Å². The first kappa shape index (κ1) is 13.4. The van der Waals surface area contributed by atoms with Crippen molar-refractivity contribution in [1.82, 2.24) is 0 Å². The largest absolute Gasteiger partial charge is 0.481 e. The second-order valence-corrected chi connectivity index (χ2v) is 5.60. The molecule has 2 atom stereocenters. The lowest BCUT2D eigenvalue weighted by Crippen LogP contribution is -2.17. The van der Waals surface area contributed by atoms with Gasteiger partial charge in [0.25, 0.3) is 0 Å². The highest BCUT2D eigenvalue weighted by atomic mass is 32.2. The number of carboxylic acids is 1. The molecule has 1 aromatic rings. The fraction of sp³-hybridized carbons (Fsp3) is 0.333. The molecule has 0 bridgehead atoms. The Morgan fingerprint density at radius 3 is 2.88 bits per heavy atom. The lowest BCUT2D eigenvalue weighted by atomic mass is 10.2. The van der Waals surface area contributed by atoms with Crippen molar-refractivity contribution in [3.63, 3.8) is 0 Å². The SMILES string of the molecule is CC(CC(=O)O)S(=O)Cc1cccc(C#N)c1. The van der Waals surface area contributed by atoms with Crippen molar-refractivity contribution >= 4 is 16.8 Å². The molecule has 0 radical (unpaired) electrons. The molecule has 5 heteroatoms. The van der Waals surface area contributed by atoms with E-state index in [0.29, 0.717) is 5.56 Å². The van der Waals surface area contributed by atoms with E-state index in [2.05, 4.69) is 0 Å². The van der Waals surface area contributed by atoms with Crippen molar-refractivity contribution < 1.29 is 14.1 Å². The van der Waals surface area contributed by atoms with Crippen molar-refractivity contribution in [1.29, 1.82) is 5.26 Å². The third kappa shape index (κ3) is 4.37. The summed E-state index contributed by atoms with van der Waals surface area (Å²) in [7, 11) is -1.24. The molecule has 90 valence electrons. The van der Waals surface area contributed by atoms with E-state index in [-0.39, 0.29) is 12.2 Å². The van der Waals surface area contributed by atoms with E-state index in [1.165, 1.54) is 0 Å². The van der Waals surface area contributed by atoms with Gasteiger partial charge in [-0.15, -0.1) is 0 Å². The Morgan fingerprint density at radius 2 is 2.29 bits per heavy atom. The molecule has 0 spiro atoms. The monoisotopic (exact) mass is 251 g/mol. The van der Waals surface area contributed by atoms with Crippen molar-refractivity contribution in [3.05, 3.63) is 35.4 Å². The molecule has 0 saturated carbocycles. The molecule has 0 amide bonds. The molecule has 2 unspecified atom stereocenters. The van der Waals surface area contributed by atoms with Crippen LogP contribution >= 0.6 is 0 Å². The van der Waals surface area contributed by atoms with Gasteiger partial charge in [0.05, 0.1) is 18.1 Å². The summed E-state index contributed by atoms with van der Waals surface area (Å²) in [6, 6.07) is 8.87. The summed E-state index contributed by atoms with van der Waals surface area (Å²) in [4.78, 5) is 10.5. The fourth-order valence-electron chi connectivity index (χ4n) is 1.38. The minimum Gasteiger partial charge on any atom is -0.481 e. The van der Waals surface area contributed by atoms with Crippen LogP contribution in [0, 0.1) is 11.3 Å². The normalized spacial score (nSPS) is 13.6. The molecule has 0 saturated heterocycles. The zero-order chi connectivity index (χ0) is 12.8. The van der Waals surface area contributed by atoms with Gasteiger partial charge in [-0.2, -0.15) is 5.26 Å². The van der Waals surface area contributed by atoms with Gasteiger partial charge in [0, 0.05) is 21.8 Å². The van der Waals surface area contributed by atoms with Gasteiger partial charge in [-0.1, -0.05) is 19.1 Å². The first-order chi connectivity index (χ1) is 8.02. The molecular weight excluding hydrogens is 238 g/mol. The summed E-state index contributed by atoms with van der Waals surface area (Å²) in [5.74, 6) is -0.666. The Bertz CT molecular complexity index is 479. The molecule has 1 rings (SSSR count). The van der Waals surface area contributed by atoms with E-state index in [1.807, 2.05) is 6.07 Å². The summed E-state index contributed by atoms with van der Waals surface area (Å²) in [5.41, 5.74) is 1.31. The molecule has 1 N–H and O–H groups in total. The van der Waals surface area contributed by atoms with Crippen molar-refractivity contribution in [3.8, 4) is 6.07 Å². The smallest absolute Gasteiger partial charge is 0.304 e. The zero-order valence-corrected chi connectivity index (χ0v) is 10.2. The Hall–Kier alpha value is -1.67.